The summed E-state index contributed by atoms with van der Waals surface area (Å²) in [5.41, 5.74) is 1.70. The maximum atomic E-state index is 11.8. The number of nitrogens with zero attached hydrogens (tertiary/aromatic N) is 3. The van der Waals surface area contributed by atoms with Gasteiger partial charge in [-0.15, -0.1) is 0 Å². The molecule has 3 aromatic rings. The van der Waals surface area contributed by atoms with Gasteiger partial charge in [-0.1, -0.05) is 11.6 Å². The summed E-state index contributed by atoms with van der Waals surface area (Å²) in [7, 11) is 3.13. The van der Waals surface area contributed by atoms with Crippen molar-refractivity contribution < 1.29 is 19.0 Å². The van der Waals surface area contributed by atoms with Crippen molar-refractivity contribution in [1.29, 1.82) is 0 Å². The first-order chi connectivity index (χ1) is 12.1. The number of carbonyl (C=O) groups excluding carboxylic acids is 1. The van der Waals surface area contributed by atoms with E-state index in [-0.39, 0.29) is 17.3 Å². The molecule has 0 saturated carbocycles. The number of pyridine rings is 1. The van der Waals surface area contributed by atoms with E-state index in [2.05, 4.69) is 9.97 Å². The van der Waals surface area contributed by atoms with Crippen LogP contribution in [0.2, 0.25) is 5.15 Å². The maximum Gasteiger partial charge on any atom is 0.341 e. The fraction of sp³-hybridized carbons (Fsp3) is 0.235. The Morgan fingerprint density at radius 3 is 2.56 bits per heavy atom. The van der Waals surface area contributed by atoms with Crippen molar-refractivity contribution in [2.75, 3.05) is 20.8 Å². The topological polar surface area (TPSA) is 75.5 Å². The van der Waals surface area contributed by atoms with Gasteiger partial charge in [0.2, 0.25) is 0 Å². The Hall–Kier alpha value is -2.80. The number of imidazole rings is 1. The molecule has 0 bridgehead atoms. The van der Waals surface area contributed by atoms with Crippen LogP contribution in [0.15, 0.2) is 30.6 Å². The molecule has 0 saturated heterocycles. The van der Waals surface area contributed by atoms with Crippen molar-refractivity contribution in [2.24, 2.45) is 0 Å². The molecule has 2 aromatic heterocycles. The summed E-state index contributed by atoms with van der Waals surface area (Å²) in [5, 5.41) is 0.0678. The number of aromatic nitrogens is 3. The van der Waals surface area contributed by atoms with Crippen LogP contribution in [0.25, 0.3) is 16.9 Å². The van der Waals surface area contributed by atoms with E-state index >= 15 is 0 Å². The lowest BCUT2D eigenvalue weighted by Crippen LogP contribution is -2.07. The highest BCUT2D eigenvalue weighted by Crippen LogP contribution is 2.32. The molecule has 0 fully saturated rings. The van der Waals surface area contributed by atoms with Crippen molar-refractivity contribution in [3.05, 3.63) is 41.3 Å². The normalized spacial score (nSPS) is 10.7. The van der Waals surface area contributed by atoms with Crippen LogP contribution in [0.5, 0.6) is 11.5 Å². The fourth-order valence-corrected chi connectivity index (χ4v) is 2.67. The highest BCUT2D eigenvalue weighted by molar-refractivity contribution is 6.32. The van der Waals surface area contributed by atoms with Crippen LogP contribution in [-0.4, -0.2) is 41.3 Å². The Kier molecular flexibility index (Phi) is 4.76. The summed E-state index contributed by atoms with van der Waals surface area (Å²) >= 11 is 6.14. The van der Waals surface area contributed by atoms with Crippen molar-refractivity contribution >= 4 is 28.6 Å². The van der Waals surface area contributed by atoms with Gasteiger partial charge in [0.1, 0.15) is 17.3 Å². The minimum Gasteiger partial charge on any atom is -0.493 e. The number of halogens is 1. The average Bonchev–Trinajstić information content (AvgIpc) is 3.03. The van der Waals surface area contributed by atoms with Gasteiger partial charge in [0.25, 0.3) is 0 Å². The monoisotopic (exact) mass is 361 g/mol. The Balaban J connectivity index is 2.07. The van der Waals surface area contributed by atoms with E-state index in [9.17, 15) is 4.79 Å². The minimum absolute atomic E-state index is 0.0678. The van der Waals surface area contributed by atoms with Gasteiger partial charge in [-0.25, -0.2) is 14.8 Å². The predicted molar refractivity (Wildman–Crippen MR) is 92.9 cm³/mol. The second kappa shape index (κ2) is 6.98. The highest BCUT2D eigenvalue weighted by atomic mass is 35.5. The molecular weight excluding hydrogens is 346 g/mol. The first-order valence-electron chi connectivity index (χ1n) is 7.52. The first kappa shape index (κ1) is 17.0. The molecule has 0 atom stereocenters. The number of methoxy groups -OCH3 is 2. The van der Waals surface area contributed by atoms with Crippen LogP contribution in [-0.2, 0) is 4.74 Å². The number of benzene rings is 1. The number of esters is 1. The lowest BCUT2D eigenvalue weighted by Gasteiger charge is -2.10. The van der Waals surface area contributed by atoms with Crippen LogP contribution in [0, 0.1) is 0 Å². The zero-order valence-electron chi connectivity index (χ0n) is 13.9. The number of ether oxygens (including phenoxy) is 3. The number of carbonyl (C=O) groups is 1. The molecule has 0 spiro atoms. The van der Waals surface area contributed by atoms with Gasteiger partial charge in [-0.2, -0.15) is 0 Å². The predicted octanol–water partition coefficient (Wildman–Crippen LogP) is 3.27. The van der Waals surface area contributed by atoms with E-state index < -0.39 is 5.97 Å². The second-order valence-corrected chi connectivity index (χ2v) is 5.40. The molecule has 0 radical (unpaired) electrons. The molecular formula is C17H16ClN3O4. The summed E-state index contributed by atoms with van der Waals surface area (Å²) in [6.45, 7) is 2.00. The lowest BCUT2D eigenvalue weighted by molar-refractivity contribution is 0.0526. The molecule has 0 unspecified atom stereocenters. The molecule has 3 rings (SSSR count). The summed E-state index contributed by atoms with van der Waals surface area (Å²) in [4.78, 5) is 20.5. The molecule has 8 heteroatoms. The van der Waals surface area contributed by atoms with Crippen LogP contribution < -0.4 is 9.47 Å². The quantitative estimate of drug-likeness (QED) is 0.513. The molecule has 130 valence electrons. The Morgan fingerprint density at radius 2 is 1.92 bits per heavy atom. The van der Waals surface area contributed by atoms with Gasteiger partial charge in [-0.05, 0) is 19.1 Å². The molecule has 25 heavy (non-hydrogen) atoms. The SMILES string of the molecule is CCOC(=O)c1ccc(-n2cnc3cc(OC)c(OC)cc32)nc1Cl. The van der Waals surface area contributed by atoms with Crippen molar-refractivity contribution in [1.82, 2.24) is 14.5 Å². The molecule has 0 aliphatic rings. The second-order valence-electron chi connectivity index (χ2n) is 5.04. The summed E-state index contributed by atoms with van der Waals surface area (Å²) in [6, 6.07) is 6.83. The third-order valence-corrected chi connectivity index (χ3v) is 3.92. The van der Waals surface area contributed by atoms with Crippen molar-refractivity contribution in [2.45, 2.75) is 6.92 Å². The summed E-state index contributed by atoms with van der Waals surface area (Å²) in [6.07, 6.45) is 1.62. The zero-order chi connectivity index (χ0) is 18.0. The number of fused-ring (bicyclic) bond motifs is 1. The third-order valence-electron chi connectivity index (χ3n) is 3.63. The molecule has 7 nitrogen and oxygen atoms in total. The molecule has 0 amide bonds. The fourth-order valence-electron chi connectivity index (χ4n) is 2.44. The number of hydrogen-bond acceptors (Lipinski definition) is 6. The summed E-state index contributed by atoms with van der Waals surface area (Å²) in [5.74, 6) is 1.18. The van der Waals surface area contributed by atoms with Gasteiger partial charge < -0.3 is 14.2 Å². The van der Waals surface area contributed by atoms with E-state index in [1.54, 1.807) is 56.3 Å². The van der Waals surface area contributed by atoms with Gasteiger partial charge in [0.15, 0.2) is 11.5 Å². The van der Waals surface area contributed by atoms with Crippen molar-refractivity contribution in [3.63, 3.8) is 0 Å². The smallest absolute Gasteiger partial charge is 0.341 e. The zero-order valence-corrected chi connectivity index (χ0v) is 14.7. The molecule has 0 aliphatic carbocycles. The van der Waals surface area contributed by atoms with E-state index in [0.717, 1.165) is 5.52 Å². The van der Waals surface area contributed by atoms with Crippen LogP contribution in [0.4, 0.5) is 0 Å². The van der Waals surface area contributed by atoms with Crippen molar-refractivity contribution in [3.8, 4) is 17.3 Å². The standard InChI is InChI=1S/C17H16ClN3O4/c1-4-25-17(22)10-5-6-15(20-16(10)18)21-9-19-11-7-13(23-2)14(24-3)8-12(11)21/h5-9H,4H2,1-3H3. The average molecular weight is 362 g/mol. The lowest BCUT2D eigenvalue weighted by atomic mass is 10.2. The molecule has 0 aliphatic heterocycles. The van der Waals surface area contributed by atoms with Gasteiger partial charge in [0, 0.05) is 12.1 Å². The maximum absolute atomic E-state index is 11.8. The van der Waals surface area contributed by atoms with Gasteiger partial charge in [0.05, 0.1) is 37.4 Å². The van der Waals surface area contributed by atoms with Crippen LogP contribution in [0.3, 0.4) is 0 Å². The molecule has 0 N–H and O–H groups in total. The molecule has 1 aromatic carbocycles. The Labute approximate surface area is 149 Å². The third kappa shape index (κ3) is 3.10. The number of hydrogen-bond donors (Lipinski definition) is 0. The highest BCUT2D eigenvalue weighted by Gasteiger charge is 2.16. The minimum atomic E-state index is -0.506. The number of rotatable bonds is 5. The van der Waals surface area contributed by atoms with Gasteiger partial charge >= 0.3 is 5.97 Å². The van der Waals surface area contributed by atoms with E-state index in [4.69, 9.17) is 25.8 Å². The Bertz CT molecular complexity index is 939. The summed E-state index contributed by atoms with van der Waals surface area (Å²) < 4.78 is 17.3. The van der Waals surface area contributed by atoms with Crippen LogP contribution >= 0.6 is 11.6 Å². The Morgan fingerprint density at radius 1 is 1.20 bits per heavy atom. The van der Waals surface area contributed by atoms with Crippen LogP contribution in [0.1, 0.15) is 17.3 Å². The van der Waals surface area contributed by atoms with E-state index in [1.807, 2.05) is 0 Å². The largest absolute Gasteiger partial charge is 0.493 e. The van der Waals surface area contributed by atoms with E-state index in [1.165, 1.54) is 0 Å². The van der Waals surface area contributed by atoms with Gasteiger partial charge in [-0.3, -0.25) is 4.57 Å². The van der Waals surface area contributed by atoms with E-state index in [0.29, 0.717) is 22.8 Å². The first-order valence-corrected chi connectivity index (χ1v) is 7.90. The molecule has 2 heterocycles.